The fourth-order valence-electron chi connectivity index (χ4n) is 8.92. The molecule has 0 bridgehead atoms. The van der Waals surface area contributed by atoms with Gasteiger partial charge >= 0.3 is 0 Å². The number of benzene rings is 8. The highest BCUT2D eigenvalue weighted by Crippen LogP contribution is 2.42. The summed E-state index contributed by atoms with van der Waals surface area (Å²) in [7, 11) is 0. The fourth-order valence-corrected chi connectivity index (χ4v) is 8.92. The summed E-state index contributed by atoms with van der Waals surface area (Å²) in [5.74, 6) is 0. The van der Waals surface area contributed by atoms with Crippen LogP contribution in [0.1, 0.15) is 23.2 Å². The average Bonchev–Trinajstić information content (AvgIpc) is 3.76. The molecule has 0 spiro atoms. The first-order valence-corrected chi connectivity index (χ1v) is 18.9. The van der Waals surface area contributed by atoms with Crippen LogP contribution in [0.2, 0.25) is 0 Å². The van der Waals surface area contributed by atoms with E-state index in [1.807, 2.05) is 0 Å². The highest BCUT2D eigenvalue weighted by molar-refractivity contribution is 6.11. The molecule has 2 heterocycles. The lowest BCUT2D eigenvalue weighted by Crippen LogP contribution is -2.05. The maximum atomic E-state index is 2.52. The van der Waals surface area contributed by atoms with Gasteiger partial charge in [0, 0.05) is 38.5 Å². The molecular formula is C52H36N2. The molecule has 0 radical (unpaired) electrons. The first kappa shape index (κ1) is 30.7. The minimum atomic E-state index is 0.980. The monoisotopic (exact) mass is 688 g/mol. The van der Waals surface area contributed by atoms with Crippen molar-refractivity contribution < 1.29 is 0 Å². The zero-order chi connectivity index (χ0) is 35.6. The molecule has 0 atom stereocenters. The normalized spacial score (nSPS) is 12.8. The minimum Gasteiger partial charge on any atom is -0.312 e. The van der Waals surface area contributed by atoms with Crippen LogP contribution in [0, 0.1) is 0 Å². The van der Waals surface area contributed by atoms with Crippen molar-refractivity contribution in [2.45, 2.75) is 12.8 Å². The van der Waals surface area contributed by atoms with Crippen LogP contribution in [0.5, 0.6) is 0 Å². The standard InChI is InChI=1S/C52H36N2/c1-3-14-35(15-4-1)40-30-41(36-16-5-2-6-17-36)32-42(31-40)53-49-23-11-9-21-44(49)46-33-38(26-28-51(46)53)39-27-29-52-47(34-39)45-22-10-12-24-50(45)54(52)48-25-13-19-37-18-7-8-20-43(37)48/h1-26,28,30-34H,27,29H2. The molecule has 8 aromatic carbocycles. The summed E-state index contributed by atoms with van der Waals surface area (Å²) in [6.45, 7) is 0. The quantitative estimate of drug-likeness (QED) is 0.170. The predicted octanol–water partition coefficient (Wildman–Crippen LogP) is 13.7. The molecule has 1 aliphatic carbocycles. The van der Waals surface area contributed by atoms with E-state index in [9.17, 15) is 0 Å². The van der Waals surface area contributed by atoms with E-state index in [1.54, 1.807) is 0 Å². The van der Waals surface area contributed by atoms with E-state index >= 15 is 0 Å². The van der Waals surface area contributed by atoms with Gasteiger partial charge in [-0.3, -0.25) is 0 Å². The highest BCUT2D eigenvalue weighted by atomic mass is 15.0. The number of aromatic nitrogens is 2. The molecule has 0 unspecified atom stereocenters. The number of hydrogen-bond acceptors (Lipinski definition) is 0. The summed E-state index contributed by atoms with van der Waals surface area (Å²) < 4.78 is 4.98. The van der Waals surface area contributed by atoms with Gasteiger partial charge in [0.05, 0.1) is 22.2 Å². The lowest BCUT2D eigenvalue weighted by atomic mass is 9.90. The van der Waals surface area contributed by atoms with Gasteiger partial charge in [-0.15, -0.1) is 0 Å². The van der Waals surface area contributed by atoms with E-state index in [0.717, 1.165) is 18.5 Å². The van der Waals surface area contributed by atoms with E-state index in [0.29, 0.717) is 0 Å². The van der Waals surface area contributed by atoms with Crippen molar-refractivity contribution in [3.8, 4) is 33.6 Å². The second-order valence-electron chi connectivity index (χ2n) is 14.5. The van der Waals surface area contributed by atoms with Crippen LogP contribution in [0.3, 0.4) is 0 Å². The van der Waals surface area contributed by atoms with Crippen LogP contribution in [0.4, 0.5) is 0 Å². The molecule has 1 aliphatic rings. The molecule has 0 N–H and O–H groups in total. The Morgan fingerprint density at radius 2 is 0.944 bits per heavy atom. The van der Waals surface area contributed by atoms with Crippen molar-refractivity contribution in [2.75, 3.05) is 0 Å². The molecule has 10 aromatic rings. The SMILES string of the molecule is C1=C(c2ccc3c(c2)c2ccccc2n3-c2cc(-c3ccccc3)cc(-c3ccccc3)c2)CCc2c1c1ccccc1n2-c1cccc2ccccc12. The zero-order valence-electron chi connectivity index (χ0n) is 29.8. The van der Waals surface area contributed by atoms with E-state index in [2.05, 4.69) is 203 Å². The first-order chi connectivity index (χ1) is 26.8. The largest absolute Gasteiger partial charge is 0.312 e. The molecule has 54 heavy (non-hydrogen) atoms. The van der Waals surface area contributed by atoms with Gasteiger partial charge < -0.3 is 9.13 Å². The van der Waals surface area contributed by atoms with E-state index in [1.165, 1.54) is 93.8 Å². The predicted molar refractivity (Wildman–Crippen MR) is 229 cm³/mol. The van der Waals surface area contributed by atoms with E-state index in [-0.39, 0.29) is 0 Å². The summed E-state index contributed by atoms with van der Waals surface area (Å²) in [6.07, 6.45) is 4.43. The van der Waals surface area contributed by atoms with Crippen LogP contribution in [-0.4, -0.2) is 9.13 Å². The third kappa shape index (κ3) is 4.88. The van der Waals surface area contributed by atoms with Gasteiger partial charge in [0.25, 0.3) is 0 Å². The van der Waals surface area contributed by atoms with Gasteiger partial charge in [0.15, 0.2) is 0 Å². The summed E-state index contributed by atoms with van der Waals surface area (Å²) >= 11 is 0. The Hall–Kier alpha value is -6.90. The van der Waals surface area contributed by atoms with Gasteiger partial charge in [0.2, 0.25) is 0 Å². The number of rotatable bonds is 5. The second kappa shape index (κ2) is 12.4. The summed E-state index contributed by atoms with van der Waals surface area (Å²) in [4.78, 5) is 0. The Labute approximate surface area is 314 Å². The van der Waals surface area contributed by atoms with Crippen molar-refractivity contribution in [1.82, 2.24) is 9.13 Å². The van der Waals surface area contributed by atoms with Gasteiger partial charge in [0.1, 0.15) is 0 Å². The highest BCUT2D eigenvalue weighted by Gasteiger charge is 2.23. The average molecular weight is 689 g/mol. The molecule has 2 heteroatoms. The molecule has 11 rings (SSSR count). The van der Waals surface area contributed by atoms with Gasteiger partial charge in [-0.05, 0) is 106 Å². The van der Waals surface area contributed by atoms with Crippen LogP contribution >= 0.6 is 0 Å². The molecule has 0 saturated carbocycles. The van der Waals surface area contributed by atoms with Crippen LogP contribution in [-0.2, 0) is 6.42 Å². The molecule has 0 saturated heterocycles. The number of fused-ring (bicyclic) bond motifs is 7. The van der Waals surface area contributed by atoms with Crippen molar-refractivity contribution in [3.05, 3.63) is 205 Å². The Morgan fingerprint density at radius 3 is 1.69 bits per heavy atom. The molecule has 0 amide bonds. The van der Waals surface area contributed by atoms with Crippen LogP contribution < -0.4 is 0 Å². The summed E-state index contributed by atoms with van der Waals surface area (Å²) in [6, 6.07) is 68.8. The van der Waals surface area contributed by atoms with Crippen molar-refractivity contribution >= 4 is 55.1 Å². The van der Waals surface area contributed by atoms with Gasteiger partial charge in [-0.25, -0.2) is 0 Å². The topological polar surface area (TPSA) is 9.86 Å². The number of allylic oxidation sites excluding steroid dienone is 1. The van der Waals surface area contributed by atoms with Gasteiger partial charge in [-0.2, -0.15) is 0 Å². The Morgan fingerprint density at radius 1 is 0.352 bits per heavy atom. The number of hydrogen-bond donors (Lipinski definition) is 0. The Balaban J connectivity index is 1.08. The lowest BCUT2D eigenvalue weighted by Gasteiger charge is -2.19. The zero-order valence-corrected chi connectivity index (χ0v) is 29.8. The smallest absolute Gasteiger partial charge is 0.0541 e. The van der Waals surface area contributed by atoms with Crippen molar-refractivity contribution in [3.63, 3.8) is 0 Å². The third-order valence-corrected chi connectivity index (χ3v) is 11.4. The third-order valence-electron chi connectivity index (χ3n) is 11.4. The maximum Gasteiger partial charge on any atom is 0.0541 e. The molecule has 254 valence electrons. The Bertz CT molecular complexity index is 3020. The Kier molecular flexibility index (Phi) is 7.03. The number of para-hydroxylation sites is 2. The molecule has 2 nitrogen and oxygen atoms in total. The lowest BCUT2D eigenvalue weighted by molar-refractivity contribution is 0.901. The van der Waals surface area contributed by atoms with Crippen molar-refractivity contribution in [2.24, 2.45) is 0 Å². The van der Waals surface area contributed by atoms with E-state index in [4.69, 9.17) is 0 Å². The van der Waals surface area contributed by atoms with Crippen LogP contribution in [0.25, 0.3) is 88.8 Å². The molecular weight excluding hydrogens is 653 g/mol. The van der Waals surface area contributed by atoms with E-state index < -0.39 is 0 Å². The molecule has 0 fully saturated rings. The first-order valence-electron chi connectivity index (χ1n) is 18.9. The minimum absolute atomic E-state index is 0.980. The fraction of sp³-hybridized carbons (Fsp3) is 0.0385. The maximum absolute atomic E-state index is 2.52. The summed E-state index contributed by atoms with van der Waals surface area (Å²) in [5.41, 5.74) is 16.4. The van der Waals surface area contributed by atoms with Crippen molar-refractivity contribution in [1.29, 1.82) is 0 Å². The number of nitrogens with zero attached hydrogens (tertiary/aromatic N) is 2. The molecule has 0 aliphatic heterocycles. The molecule has 2 aromatic heterocycles. The second-order valence-corrected chi connectivity index (χ2v) is 14.5. The van der Waals surface area contributed by atoms with Crippen LogP contribution in [0.15, 0.2) is 188 Å². The van der Waals surface area contributed by atoms with Gasteiger partial charge in [-0.1, -0.05) is 140 Å². The summed E-state index contributed by atoms with van der Waals surface area (Å²) in [5, 5.41) is 6.40.